The maximum Gasteiger partial charge on any atom is 0.256 e. The number of hydrogen-bond donors (Lipinski definition) is 1. The van der Waals surface area contributed by atoms with Gasteiger partial charge in [-0.25, -0.2) is 0 Å². The van der Waals surface area contributed by atoms with Gasteiger partial charge in [0.25, 0.3) is 5.91 Å². The SMILES string of the molecule is Cc1ccc(CSc2ccc(NC(=O)c3ccc(C)cc3)nn2)cc1. The quantitative estimate of drug-likeness (QED) is 0.682. The normalized spacial score (nSPS) is 10.5. The van der Waals surface area contributed by atoms with Crippen molar-refractivity contribution in [1.29, 1.82) is 0 Å². The largest absolute Gasteiger partial charge is 0.305 e. The molecule has 0 atom stereocenters. The molecule has 0 aliphatic rings. The average Bonchev–Trinajstić information content (AvgIpc) is 2.63. The second-order valence-electron chi connectivity index (χ2n) is 5.85. The molecule has 1 amide bonds. The summed E-state index contributed by atoms with van der Waals surface area (Å²) in [6.07, 6.45) is 0. The van der Waals surface area contributed by atoms with Gasteiger partial charge in [0.2, 0.25) is 0 Å². The summed E-state index contributed by atoms with van der Waals surface area (Å²) >= 11 is 1.62. The Morgan fingerprint density at radius 2 is 1.52 bits per heavy atom. The summed E-state index contributed by atoms with van der Waals surface area (Å²) in [6, 6.07) is 19.5. The number of carbonyl (C=O) groups is 1. The molecular weight excluding hydrogens is 330 g/mol. The summed E-state index contributed by atoms with van der Waals surface area (Å²) in [7, 11) is 0. The van der Waals surface area contributed by atoms with Crippen LogP contribution in [0.15, 0.2) is 65.7 Å². The summed E-state index contributed by atoms with van der Waals surface area (Å²) in [4.78, 5) is 12.2. The Balaban J connectivity index is 1.57. The van der Waals surface area contributed by atoms with Crippen molar-refractivity contribution >= 4 is 23.5 Å². The van der Waals surface area contributed by atoms with E-state index in [1.54, 1.807) is 30.0 Å². The maximum absolute atomic E-state index is 12.2. The van der Waals surface area contributed by atoms with Gasteiger partial charge >= 0.3 is 0 Å². The molecule has 5 heteroatoms. The molecule has 0 radical (unpaired) electrons. The number of aryl methyl sites for hydroxylation is 2. The second-order valence-corrected chi connectivity index (χ2v) is 6.85. The smallest absolute Gasteiger partial charge is 0.256 e. The number of hydrogen-bond acceptors (Lipinski definition) is 4. The molecule has 0 saturated heterocycles. The summed E-state index contributed by atoms with van der Waals surface area (Å²) in [5.74, 6) is 1.10. The van der Waals surface area contributed by atoms with Crippen LogP contribution in [-0.4, -0.2) is 16.1 Å². The van der Waals surface area contributed by atoms with E-state index in [1.807, 2.05) is 25.1 Å². The summed E-state index contributed by atoms with van der Waals surface area (Å²) in [5.41, 5.74) is 4.22. The standard InChI is InChI=1S/C20H19N3OS/c1-14-3-7-16(8-4-14)13-25-19-12-11-18(22-23-19)21-20(24)17-9-5-15(2)6-10-17/h3-12H,13H2,1-2H3,(H,21,22,24). The van der Waals surface area contributed by atoms with E-state index in [-0.39, 0.29) is 5.91 Å². The van der Waals surface area contributed by atoms with Crippen molar-refractivity contribution in [3.05, 3.63) is 82.9 Å². The zero-order chi connectivity index (χ0) is 17.6. The van der Waals surface area contributed by atoms with Gasteiger partial charge in [-0.2, -0.15) is 0 Å². The Labute approximate surface area is 151 Å². The number of aromatic nitrogens is 2. The van der Waals surface area contributed by atoms with E-state index >= 15 is 0 Å². The zero-order valence-corrected chi connectivity index (χ0v) is 15.0. The monoisotopic (exact) mass is 349 g/mol. The molecule has 0 fully saturated rings. The van der Waals surface area contributed by atoms with Gasteiger partial charge in [-0.15, -0.1) is 10.2 Å². The predicted molar refractivity (Wildman–Crippen MR) is 102 cm³/mol. The molecule has 1 heterocycles. The van der Waals surface area contributed by atoms with E-state index in [1.165, 1.54) is 11.1 Å². The Hall–Kier alpha value is -2.66. The lowest BCUT2D eigenvalue weighted by molar-refractivity contribution is 0.102. The molecule has 0 saturated carbocycles. The highest BCUT2D eigenvalue weighted by Gasteiger charge is 2.07. The minimum Gasteiger partial charge on any atom is -0.305 e. The van der Waals surface area contributed by atoms with Gasteiger partial charge < -0.3 is 5.32 Å². The fourth-order valence-corrected chi connectivity index (χ4v) is 2.97. The molecule has 4 nitrogen and oxygen atoms in total. The Bertz CT molecular complexity index is 844. The fraction of sp³-hybridized carbons (Fsp3) is 0.150. The molecule has 126 valence electrons. The lowest BCUT2D eigenvalue weighted by atomic mass is 10.1. The molecule has 2 aromatic carbocycles. The number of amides is 1. The van der Waals surface area contributed by atoms with Crippen molar-refractivity contribution in [1.82, 2.24) is 10.2 Å². The average molecular weight is 349 g/mol. The minimum atomic E-state index is -0.186. The van der Waals surface area contributed by atoms with E-state index in [0.29, 0.717) is 11.4 Å². The fourth-order valence-electron chi connectivity index (χ4n) is 2.20. The van der Waals surface area contributed by atoms with Gasteiger partial charge in [-0.05, 0) is 43.7 Å². The van der Waals surface area contributed by atoms with Crippen LogP contribution in [0.3, 0.4) is 0 Å². The van der Waals surface area contributed by atoms with Crippen molar-refractivity contribution in [3.8, 4) is 0 Å². The number of anilines is 1. The number of thioether (sulfide) groups is 1. The van der Waals surface area contributed by atoms with E-state index in [4.69, 9.17) is 0 Å². The van der Waals surface area contributed by atoms with Crippen molar-refractivity contribution in [2.24, 2.45) is 0 Å². The van der Waals surface area contributed by atoms with Crippen LogP contribution in [-0.2, 0) is 5.75 Å². The van der Waals surface area contributed by atoms with E-state index in [2.05, 4.69) is 46.7 Å². The summed E-state index contributed by atoms with van der Waals surface area (Å²) in [6.45, 7) is 4.06. The third-order valence-electron chi connectivity index (χ3n) is 3.70. The van der Waals surface area contributed by atoms with E-state index in [9.17, 15) is 4.79 Å². The Morgan fingerprint density at radius 1 is 0.880 bits per heavy atom. The first-order chi connectivity index (χ1) is 12.1. The molecule has 3 aromatic rings. The molecule has 25 heavy (non-hydrogen) atoms. The van der Waals surface area contributed by atoms with E-state index in [0.717, 1.165) is 16.3 Å². The first-order valence-electron chi connectivity index (χ1n) is 8.00. The maximum atomic E-state index is 12.2. The van der Waals surface area contributed by atoms with Gasteiger partial charge in [0.15, 0.2) is 5.82 Å². The van der Waals surface area contributed by atoms with Crippen molar-refractivity contribution in [2.45, 2.75) is 24.6 Å². The highest BCUT2D eigenvalue weighted by atomic mass is 32.2. The molecule has 1 N–H and O–H groups in total. The number of benzene rings is 2. The Morgan fingerprint density at radius 3 is 2.12 bits per heavy atom. The van der Waals surface area contributed by atoms with Crippen LogP contribution in [0, 0.1) is 13.8 Å². The van der Waals surface area contributed by atoms with Crippen molar-refractivity contribution in [2.75, 3.05) is 5.32 Å². The van der Waals surface area contributed by atoms with Gasteiger partial charge in [-0.1, -0.05) is 59.3 Å². The summed E-state index contributed by atoms with van der Waals surface area (Å²) < 4.78 is 0. The van der Waals surface area contributed by atoms with Gasteiger partial charge in [0.05, 0.1) is 0 Å². The van der Waals surface area contributed by atoms with Gasteiger partial charge in [0.1, 0.15) is 5.03 Å². The van der Waals surface area contributed by atoms with Crippen LogP contribution < -0.4 is 5.32 Å². The first-order valence-corrected chi connectivity index (χ1v) is 8.99. The molecule has 0 aliphatic heterocycles. The molecule has 3 rings (SSSR count). The third-order valence-corrected chi connectivity index (χ3v) is 4.69. The van der Waals surface area contributed by atoms with Crippen molar-refractivity contribution < 1.29 is 4.79 Å². The van der Waals surface area contributed by atoms with Crippen LogP contribution in [0.1, 0.15) is 27.0 Å². The Kier molecular flexibility index (Phi) is 5.46. The van der Waals surface area contributed by atoms with Crippen LogP contribution in [0.25, 0.3) is 0 Å². The molecule has 0 spiro atoms. The van der Waals surface area contributed by atoms with Crippen LogP contribution in [0.5, 0.6) is 0 Å². The predicted octanol–water partition coefficient (Wildman–Crippen LogP) is 4.64. The number of nitrogens with zero attached hydrogens (tertiary/aromatic N) is 2. The van der Waals surface area contributed by atoms with Gasteiger partial charge in [0, 0.05) is 11.3 Å². The molecular formula is C20H19N3OS. The topological polar surface area (TPSA) is 54.9 Å². The summed E-state index contributed by atoms with van der Waals surface area (Å²) in [5, 5.41) is 11.8. The molecule has 1 aromatic heterocycles. The lowest BCUT2D eigenvalue weighted by Crippen LogP contribution is -2.13. The number of carbonyl (C=O) groups excluding carboxylic acids is 1. The third kappa shape index (κ3) is 4.90. The zero-order valence-electron chi connectivity index (χ0n) is 14.2. The second kappa shape index (κ2) is 7.94. The van der Waals surface area contributed by atoms with Crippen LogP contribution in [0.4, 0.5) is 5.82 Å². The van der Waals surface area contributed by atoms with Crippen LogP contribution >= 0.6 is 11.8 Å². The highest BCUT2D eigenvalue weighted by Crippen LogP contribution is 2.21. The highest BCUT2D eigenvalue weighted by molar-refractivity contribution is 7.98. The number of rotatable bonds is 5. The minimum absolute atomic E-state index is 0.186. The van der Waals surface area contributed by atoms with Crippen molar-refractivity contribution in [3.63, 3.8) is 0 Å². The first kappa shape index (κ1) is 17.2. The lowest BCUT2D eigenvalue weighted by Gasteiger charge is -2.05. The molecule has 0 aliphatic carbocycles. The molecule has 0 unspecified atom stereocenters. The number of nitrogens with one attached hydrogen (secondary N) is 1. The molecule has 0 bridgehead atoms. The van der Waals surface area contributed by atoms with Gasteiger partial charge in [-0.3, -0.25) is 4.79 Å². The van der Waals surface area contributed by atoms with E-state index < -0.39 is 0 Å². The van der Waals surface area contributed by atoms with Crippen LogP contribution in [0.2, 0.25) is 0 Å².